The number of rotatable bonds is 3. The molecule has 0 radical (unpaired) electrons. The molecule has 1 fully saturated rings. The molecule has 1 aliphatic rings. The molecule has 1 saturated heterocycles. The van der Waals surface area contributed by atoms with E-state index in [1.54, 1.807) is 6.07 Å². The van der Waals surface area contributed by atoms with Crippen molar-refractivity contribution in [3.8, 4) is 0 Å². The largest absolute Gasteiger partial charge is 0.475 e. The molecule has 0 aliphatic carbocycles. The normalized spacial score (nSPS) is 26.9. The van der Waals surface area contributed by atoms with E-state index < -0.39 is 11.6 Å². The van der Waals surface area contributed by atoms with Gasteiger partial charge in [-0.3, -0.25) is 4.90 Å². The van der Waals surface area contributed by atoms with E-state index in [4.69, 9.17) is 9.52 Å². The first-order valence-corrected chi connectivity index (χ1v) is 6.68. The first-order chi connectivity index (χ1) is 8.89. The average molecular weight is 267 g/mol. The fraction of sp³-hybridized carbons (Fsp3) is 0.643. The number of furan rings is 1. The van der Waals surface area contributed by atoms with Crippen LogP contribution in [0, 0.1) is 0 Å². The van der Waals surface area contributed by atoms with Crippen LogP contribution in [0.1, 0.15) is 55.5 Å². The van der Waals surface area contributed by atoms with E-state index in [0.717, 1.165) is 32.4 Å². The lowest BCUT2D eigenvalue weighted by Crippen LogP contribution is -2.30. The predicted molar refractivity (Wildman–Crippen MR) is 70.1 cm³/mol. The second-order valence-corrected chi connectivity index (χ2v) is 5.57. The molecule has 2 rings (SSSR count). The van der Waals surface area contributed by atoms with Gasteiger partial charge in [-0.05, 0) is 51.8 Å². The quantitative estimate of drug-likeness (QED) is 0.878. The Morgan fingerprint density at radius 2 is 2.16 bits per heavy atom. The van der Waals surface area contributed by atoms with Gasteiger partial charge in [-0.25, -0.2) is 4.79 Å². The topological polar surface area (TPSA) is 73.9 Å². The Balaban J connectivity index is 2.06. The Labute approximate surface area is 112 Å². The minimum atomic E-state index is -1.04. The minimum Gasteiger partial charge on any atom is -0.475 e. The monoisotopic (exact) mass is 267 g/mol. The van der Waals surface area contributed by atoms with Crippen LogP contribution in [0.15, 0.2) is 16.5 Å². The molecule has 1 aromatic heterocycles. The number of carbonyl (C=O) groups is 1. The molecule has 2 unspecified atom stereocenters. The summed E-state index contributed by atoms with van der Waals surface area (Å²) in [4.78, 5) is 13.0. The van der Waals surface area contributed by atoms with E-state index in [2.05, 4.69) is 4.90 Å². The van der Waals surface area contributed by atoms with Crippen molar-refractivity contribution >= 4 is 5.97 Å². The molecule has 0 saturated carbocycles. The van der Waals surface area contributed by atoms with Gasteiger partial charge in [-0.2, -0.15) is 0 Å². The van der Waals surface area contributed by atoms with Crippen molar-refractivity contribution in [1.82, 2.24) is 4.90 Å². The van der Waals surface area contributed by atoms with E-state index in [-0.39, 0.29) is 11.8 Å². The van der Waals surface area contributed by atoms with E-state index in [1.165, 1.54) is 6.07 Å². The Morgan fingerprint density at radius 3 is 2.79 bits per heavy atom. The maximum atomic E-state index is 10.8. The van der Waals surface area contributed by atoms with E-state index in [9.17, 15) is 9.90 Å². The molecule has 19 heavy (non-hydrogen) atoms. The molecule has 0 bridgehead atoms. The highest BCUT2D eigenvalue weighted by Crippen LogP contribution is 2.28. The van der Waals surface area contributed by atoms with Crippen molar-refractivity contribution in [2.75, 3.05) is 13.1 Å². The van der Waals surface area contributed by atoms with Crippen molar-refractivity contribution in [2.24, 2.45) is 0 Å². The molecule has 1 aromatic rings. The fourth-order valence-corrected chi connectivity index (χ4v) is 2.54. The molecule has 0 aromatic carbocycles. The van der Waals surface area contributed by atoms with Crippen molar-refractivity contribution in [3.63, 3.8) is 0 Å². The fourth-order valence-electron chi connectivity index (χ4n) is 2.54. The number of likely N-dealkylation sites (tertiary alicyclic amines) is 1. The summed E-state index contributed by atoms with van der Waals surface area (Å²) in [5, 5.41) is 18.9. The summed E-state index contributed by atoms with van der Waals surface area (Å²) in [7, 11) is 0. The molecule has 0 spiro atoms. The van der Waals surface area contributed by atoms with Crippen LogP contribution in [0.25, 0.3) is 0 Å². The number of aliphatic hydroxyl groups is 1. The zero-order chi connectivity index (χ0) is 14.0. The summed E-state index contributed by atoms with van der Waals surface area (Å²) < 4.78 is 5.35. The lowest BCUT2D eigenvalue weighted by atomic mass is 9.98. The lowest BCUT2D eigenvalue weighted by molar-refractivity contribution is 0.0428. The van der Waals surface area contributed by atoms with Gasteiger partial charge in [0.2, 0.25) is 5.76 Å². The smallest absolute Gasteiger partial charge is 0.371 e. The van der Waals surface area contributed by atoms with Gasteiger partial charge in [-0.1, -0.05) is 0 Å². The third kappa shape index (κ3) is 3.36. The van der Waals surface area contributed by atoms with Gasteiger partial charge >= 0.3 is 5.97 Å². The number of hydrogen-bond acceptors (Lipinski definition) is 4. The number of carboxylic acids is 1. The molecule has 5 heteroatoms. The van der Waals surface area contributed by atoms with Crippen LogP contribution in [0.3, 0.4) is 0 Å². The van der Waals surface area contributed by atoms with Crippen LogP contribution in [-0.4, -0.2) is 39.8 Å². The molecule has 0 amide bonds. The second-order valence-electron chi connectivity index (χ2n) is 5.57. The zero-order valence-electron chi connectivity index (χ0n) is 11.4. The molecule has 2 atom stereocenters. The van der Waals surface area contributed by atoms with Crippen LogP contribution in [0.2, 0.25) is 0 Å². The van der Waals surface area contributed by atoms with Gasteiger partial charge < -0.3 is 14.6 Å². The molecule has 2 heterocycles. The van der Waals surface area contributed by atoms with E-state index in [1.807, 2.05) is 13.8 Å². The molecule has 1 aliphatic heterocycles. The van der Waals surface area contributed by atoms with E-state index in [0.29, 0.717) is 5.76 Å². The predicted octanol–water partition coefficient (Wildman–Crippen LogP) is 2.28. The van der Waals surface area contributed by atoms with Gasteiger partial charge in [0.1, 0.15) is 5.76 Å². The van der Waals surface area contributed by atoms with Crippen molar-refractivity contribution in [1.29, 1.82) is 0 Å². The van der Waals surface area contributed by atoms with Gasteiger partial charge in [0.05, 0.1) is 11.6 Å². The average Bonchev–Trinajstić information content (AvgIpc) is 2.75. The Hall–Kier alpha value is -1.33. The number of carboxylic acid groups (broad SMARTS) is 1. The summed E-state index contributed by atoms with van der Waals surface area (Å²) in [6.45, 7) is 5.55. The SMILES string of the molecule is CC(c1ccc(C(=O)O)o1)N1CCCC(C)(O)CC1. The van der Waals surface area contributed by atoms with Gasteiger partial charge in [-0.15, -0.1) is 0 Å². The van der Waals surface area contributed by atoms with Crippen molar-refractivity contribution in [3.05, 3.63) is 23.7 Å². The first kappa shape index (κ1) is 14.1. The molecular weight excluding hydrogens is 246 g/mol. The Kier molecular flexibility index (Phi) is 3.96. The highest BCUT2D eigenvalue weighted by atomic mass is 16.4. The zero-order valence-corrected chi connectivity index (χ0v) is 11.4. The standard InChI is InChI=1S/C14H21NO4/c1-10(11-4-5-12(19-11)13(16)17)15-8-3-6-14(2,18)7-9-15/h4-5,10,18H,3,6-9H2,1-2H3,(H,16,17). The van der Waals surface area contributed by atoms with Crippen LogP contribution in [-0.2, 0) is 0 Å². The third-order valence-electron chi connectivity index (χ3n) is 3.90. The second kappa shape index (κ2) is 5.35. The highest BCUT2D eigenvalue weighted by Gasteiger charge is 2.28. The third-order valence-corrected chi connectivity index (χ3v) is 3.90. The molecule has 2 N–H and O–H groups in total. The number of hydrogen-bond donors (Lipinski definition) is 2. The minimum absolute atomic E-state index is 0.0244. The highest BCUT2D eigenvalue weighted by molar-refractivity contribution is 5.84. The summed E-state index contributed by atoms with van der Waals surface area (Å²) >= 11 is 0. The van der Waals surface area contributed by atoms with Gasteiger partial charge in [0, 0.05) is 6.54 Å². The van der Waals surface area contributed by atoms with Crippen LogP contribution in [0.5, 0.6) is 0 Å². The Morgan fingerprint density at radius 1 is 1.42 bits per heavy atom. The number of aromatic carboxylic acids is 1. The van der Waals surface area contributed by atoms with Crippen LogP contribution >= 0.6 is 0 Å². The van der Waals surface area contributed by atoms with Crippen molar-refractivity contribution < 1.29 is 19.4 Å². The molecular formula is C14H21NO4. The summed E-state index contributed by atoms with van der Waals surface area (Å²) in [5.74, 6) is -0.403. The van der Waals surface area contributed by atoms with Gasteiger partial charge in [0.25, 0.3) is 0 Å². The maximum Gasteiger partial charge on any atom is 0.371 e. The lowest BCUT2D eigenvalue weighted by Gasteiger charge is -2.26. The van der Waals surface area contributed by atoms with Gasteiger partial charge in [0.15, 0.2) is 0 Å². The Bertz CT molecular complexity index is 452. The molecule has 5 nitrogen and oxygen atoms in total. The maximum absolute atomic E-state index is 10.8. The van der Waals surface area contributed by atoms with Crippen LogP contribution in [0.4, 0.5) is 0 Å². The first-order valence-electron chi connectivity index (χ1n) is 6.68. The van der Waals surface area contributed by atoms with Crippen LogP contribution < -0.4 is 0 Å². The van der Waals surface area contributed by atoms with Crippen molar-refractivity contribution in [2.45, 2.75) is 44.8 Å². The molecule has 106 valence electrons. The summed E-state index contributed by atoms with van der Waals surface area (Å²) in [6, 6.07) is 3.24. The summed E-state index contributed by atoms with van der Waals surface area (Å²) in [6.07, 6.45) is 2.46. The number of nitrogens with zero attached hydrogens (tertiary/aromatic N) is 1. The summed E-state index contributed by atoms with van der Waals surface area (Å²) in [5.41, 5.74) is -0.593. The van der Waals surface area contributed by atoms with E-state index >= 15 is 0 Å².